The summed E-state index contributed by atoms with van der Waals surface area (Å²) in [5.41, 5.74) is 2.13. The van der Waals surface area contributed by atoms with E-state index in [1.165, 1.54) is 31.4 Å². The monoisotopic (exact) mass is 280 g/mol. The van der Waals surface area contributed by atoms with Gasteiger partial charge >= 0.3 is 0 Å². The SMILES string of the molecule is CC1(Cn2c(CCCl)nc3cc(F)ccc32)CCC1. The zero-order chi connectivity index (χ0) is 13.5. The summed E-state index contributed by atoms with van der Waals surface area (Å²) >= 11 is 5.86. The van der Waals surface area contributed by atoms with Crippen molar-refractivity contribution in [2.45, 2.75) is 39.2 Å². The summed E-state index contributed by atoms with van der Waals surface area (Å²) < 4.78 is 15.5. The van der Waals surface area contributed by atoms with E-state index in [1.807, 2.05) is 6.07 Å². The minimum atomic E-state index is -0.232. The number of fused-ring (bicyclic) bond motifs is 1. The number of rotatable bonds is 4. The van der Waals surface area contributed by atoms with Crippen LogP contribution < -0.4 is 0 Å². The molecule has 1 aliphatic carbocycles. The van der Waals surface area contributed by atoms with Gasteiger partial charge in [0.05, 0.1) is 11.0 Å². The summed E-state index contributed by atoms with van der Waals surface area (Å²) in [5, 5.41) is 0. The van der Waals surface area contributed by atoms with Gasteiger partial charge in [-0.3, -0.25) is 0 Å². The first kappa shape index (κ1) is 12.9. The van der Waals surface area contributed by atoms with Crippen molar-refractivity contribution in [2.75, 3.05) is 5.88 Å². The van der Waals surface area contributed by atoms with Gasteiger partial charge in [0.1, 0.15) is 11.6 Å². The van der Waals surface area contributed by atoms with Gasteiger partial charge in [0.25, 0.3) is 0 Å². The van der Waals surface area contributed by atoms with E-state index in [9.17, 15) is 4.39 Å². The van der Waals surface area contributed by atoms with Crippen LogP contribution in [0.4, 0.5) is 4.39 Å². The lowest BCUT2D eigenvalue weighted by molar-refractivity contribution is 0.132. The van der Waals surface area contributed by atoms with Crippen LogP contribution in [0.15, 0.2) is 18.2 Å². The smallest absolute Gasteiger partial charge is 0.125 e. The second kappa shape index (κ2) is 4.78. The second-order valence-corrected chi connectivity index (χ2v) is 6.23. The van der Waals surface area contributed by atoms with Gasteiger partial charge in [-0.1, -0.05) is 13.3 Å². The zero-order valence-corrected chi connectivity index (χ0v) is 11.9. The van der Waals surface area contributed by atoms with Crippen molar-refractivity contribution >= 4 is 22.6 Å². The van der Waals surface area contributed by atoms with Gasteiger partial charge in [-0.05, 0) is 30.4 Å². The van der Waals surface area contributed by atoms with Crippen molar-refractivity contribution in [3.63, 3.8) is 0 Å². The first-order valence-corrected chi connectivity index (χ1v) is 7.35. The Morgan fingerprint density at radius 2 is 2.21 bits per heavy atom. The fraction of sp³-hybridized carbons (Fsp3) is 0.533. The lowest BCUT2D eigenvalue weighted by atomic mass is 9.70. The van der Waals surface area contributed by atoms with Gasteiger partial charge < -0.3 is 4.57 Å². The quantitative estimate of drug-likeness (QED) is 0.770. The molecule has 1 aromatic heterocycles. The molecule has 0 atom stereocenters. The summed E-state index contributed by atoms with van der Waals surface area (Å²) in [5.74, 6) is 1.29. The van der Waals surface area contributed by atoms with Gasteiger partial charge in [-0.15, -0.1) is 11.6 Å². The van der Waals surface area contributed by atoms with E-state index < -0.39 is 0 Å². The molecule has 0 N–H and O–H groups in total. The maximum atomic E-state index is 13.3. The molecule has 0 amide bonds. The minimum absolute atomic E-state index is 0.232. The Morgan fingerprint density at radius 3 is 2.84 bits per heavy atom. The third-order valence-electron chi connectivity index (χ3n) is 4.21. The molecule has 2 aromatic rings. The molecule has 3 rings (SSSR count). The van der Waals surface area contributed by atoms with Crippen LogP contribution in [0.5, 0.6) is 0 Å². The molecule has 102 valence electrons. The van der Waals surface area contributed by atoms with Crippen LogP contribution in [-0.4, -0.2) is 15.4 Å². The van der Waals surface area contributed by atoms with Crippen LogP contribution in [0.3, 0.4) is 0 Å². The van der Waals surface area contributed by atoms with Crippen molar-refractivity contribution in [3.05, 3.63) is 29.8 Å². The van der Waals surface area contributed by atoms with Crippen LogP contribution >= 0.6 is 11.6 Å². The highest BCUT2D eigenvalue weighted by molar-refractivity contribution is 6.17. The number of imidazole rings is 1. The minimum Gasteiger partial charge on any atom is -0.327 e. The molecule has 19 heavy (non-hydrogen) atoms. The van der Waals surface area contributed by atoms with E-state index in [4.69, 9.17) is 11.6 Å². The molecule has 0 bridgehead atoms. The number of alkyl halides is 1. The summed E-state index contributed by atoms with van der Waals surface area (Å²) in [4.78, 5) is 4.54. The average molecular weight is 281 g/mol. The number of aromatic nitrogens is 2. The van der Waals surface area contributed by atoms with Crippen LogP contribution in [0.1, 0.15) is 32.0 Å². The summed E-state index contributed by atoms with van der Waals surface area (Å²) in [6, 6.07) is 4.85. The number of halogens is 2. The van der Waals surface area contributed by atoms with Crippen molar-refractivity contribution in [1.29, 1.82) is 0 Å². The molecule has 1 aliphatic rings. The summed E-state index contributed by atoms with van der Waals surface area (Å²) in [7, 11) is 0. The Kier molecular flexibility index (Phi) is 3.25. The highest BCUT2D eigenvalue weighted by Crippen LogP contribution is 2.42. The lowest BCUT2D eigenvalue weighted by Gasteiger charge is -2.39. The Labute approximate surface area is 117 Å². The average Bonchev–Trinajstić information content (AvgIpc) is 2.65. The number of benzene rings is 1. The van der Waals surface area contributed by atoms with Crippen molar-refractivity contribution < 1.29 is 4.39 Å². The molecule has 0 radical (unpaired) electrons. The normalized spacial score (nSPS) is 17.6. The first-order chi connectivity index (χ1) is 9.11. The standard InChI is InChI=1S/C15H18ClFN2/c1-15(6-2-7-15)10-19-13-4-3-11(17)9-12(13)18-14(19)5-8-16/h3-4,9H,2,5-8,10H2,1H3. The third kappa shape index (κ3) is 2.36. The second-order valence-electron chi connectivity index (χ2n) is 5.85. The highest BCUT2D eigenvalue weighted by atomic mass is 35.5. The lowest BCUT2D eigenvalue weighted by Crippen LogP contribution is -2.31. The number of hydrogen-bond acceptors (Lipinski definition) is 1. The molecule has 1 saturated carbocycles. The molecule has 0 unspecified atom stereocenters. The molecule has 1 heterocycles. The summed E-state index contributed by atoms with van der Waals surface area (Å²) in [6.45, 7) is 3.28. The molecule has 1 fully saturated rings. The largest absolute Gasteiger partial charge is 0.327 e. The number of aryl methyl sites for hydroxylation is 1. The van der Waals surface area contributed by atoms with Gasteiger partial charge in [-0.2, -0.15) is 0 Å². The number of hydrogen-bond donors (Lipinski definition) is 0. The fourth-order valence-corrected chi connectivity index (χ4v) is 3.09. The van der Waals surface area contributed by atoms with Crippen molar-refractivity contribution in [2.24, 2.45) is 5.41 Å². The molecule has 0 spiro atoms. The van der Waals surface area contributed by atoms with Crippen LogP contribution in [0, 0.1) is 11.2 Å². The van der Waals surface area contributed by atoms with E-state index >= 15 is 0 Å². The number of nitrogens with zero attached hydrogens (tertiary/aromatic N) is 2. The molecular weight excluding hydrogens is 263 g/mol. The maximum Gasteiger partial charge on any atom is 0.125 e. The van der Waals surface area contributed by atoms with Crippen molar-refractivity contribution in [1.82, 2.24) is 9.55 Å². The fourth-order valence-electron chi connectivity index (χ4n) is 2.92. The Balaban J connectivity index is 2.05. The van der Waals surface area contributed by atoms with E-state index in [0.717, 1.165) is 29.8 Å². The van der Waals surface area contributed by atoms with E-state index in [1.54, 1.807) is 0 Å². The van der Waals surface area contributed by atoms with Gasteiger partial charge in [-0.25, -0.2) is 9.37 Å². The predicted molar refractivity (Wildman–Crippen MR) is 76.1 cm³/mol. The molecule has 1 aromatic carbocycles. The zero-order valence-electron chi connectivity index (χ0n) is 11.1. The van der Waals surface area contributed by atoms with E-state index in [2.05, 4.69) is 16.5 Å². The van der Waals surface area contributed by atoms with Gasteiger partial charge in [0.2, 0.25) is 0 Å². The van der Waals surface area contributed by atoms with Crippen LogP contribution in [0.25, 0.3) is 11.0 Å². The van der Waals surface area contributed by atoms with E-state index in [0.29, 0.717) is 11.3 Å². The maximum absolute atomic E-state index is 13.3. The molecule has 2 nitrogen and oxygen atoms in total. The third-order valence-corrected chi connectivity index (χ3v) is 4.40. The molecule has 0 saturated heterocycles. The molecule has 0 aliphatic heterocycles. The Bertz CT molecular complexity index is 601. The molecule has 4 heteroatoms. The topological polar surface area (TPSA) is 17.8 Å². The van der Waals surface area contributed by atoms with Gasteiger partial charge in [0.15, 0.2) is 0 Å². The Morgan fingerprint density at radius 1 is 1.42 bits per heavy atom. The van der Waals surface area contributed by atoms with Crippen LogP contribution in [-0.2, 0) is 13.0 Å². The summed E-state index contributed by atoms with van der Waals surface area (Å²) in [6.07, 6.45) is 4.55. The first-order valence-electron chi connectivity index (χ1n) is 6.82. The highest BCUT2D eigenvalue weighted by Gasteiger charge is 2.33. The van der Waals surface area contributed by atoms with Crippen LogP contribution in [0.2, 0.25) is 0 Å². The van der Waals surface area contributed by atoms with Crippen molar-refractivity contribution in [3.8, 4) is 0 Å². The Hall–Kier alpha value is -1.09. The molecular formula is C15H18ClFN2. The predicted octanol–water partition coefficient (Wildman–Crippen LogP) is 4.15. The van der Waals surface area contributed by atoms with Gasteiger partial charge in [0, 0.05) is 24.9 Å². The van der Waals surface area contributed by atoms with E-state index in [-0.39, 0.29) is 5.82 Å².